The molecule has 0 atom stereocenters. The van der Waals surface area contributed by atoms with Gasteiger partial charge in [0.05, 0.1) is 0 Å². The summed E-state index contributed by atoms with van der Waals surface area (Å²) >= 11 is 0. The SMILES string of the molecule is CC[N-]C.CC[N-]C.Cc1c(C)c(C)[c-](C)c1C.Cc1c(C)c(C)[c-](C)c1C.[Mo+4]. The third-order valence-electron chi connectivity index (χ3n) is 6.26. The van der Waals surface area contributed by atoms with Gasteiger partial charge in [0.1, 0.15) is 0 Å². The summed E-state index contributed by atoms with van der Waals surface area (Å²) in [7, 11) is 3.61. The van der Waals surface area contributed by atoms with E-state index in [-0.39, 0.29) is 21.1 Å². The molecule has 0 bridgehead atoms. The van der Waals surface area contributed by atoms with Crippen LogP contribution in [0, 0.1) is 69.2 Å². The minimum atomic E-state index is 0. The van der Waals surface area contributed by atoms with Crippen LogP contribution < -0.4 is 0 Å². The van der Waals surface area contributed by atoms with Crippen molar-refractivity contribution < 1.29 is 21.1 Å². The quantitative estimate of drug-likeness (QED) is 0.307. The smallest absolute Gasteiger partial charge is 0.665 e. The zero-order valence-corrected chi connectivity index (χ0v) is 23.7. The van der Waals surface area contributed by atoms with Crippen LogP contribution in [0.4, 0.5) is 0 Å². The third-order valence-corrected chi connectivity index (χ3v) is 6.26. The summed E-state index contributed by atoms with van der Waals surface area (Å²) in [4.78, 5) is 0. The molecule has 0 aliphatic carbocycles. The molecule has 2 rings (SSSR count). The molecule has 0 aromatic heterocycles. The molecule has 2 aromatic carbocycles. The van der Waals surface area contributed by atoms with Crippen LogP contribution in [0.15, 0.2) is 0 Å². The average molecular weight is 483 g/mol. The van der Waals surface area contributed by atoms with E-state index in [4.69, 9.17) is 0 Å². The Morgan fingerprint density at radius 1 is 0.517 bits per heavy atom. The van der Waals surface area contributed by atoms with E-state index >= 15 is 0 Å². The average Bonchev–Trinajstić information content (AvgIpc) is 2.98. The van der Waals surface area contributed by atoms with E-state index in [0.29, 0.717) is 0 Å². The first-order valence-electron chi connectivity index (χ1n) is 10.4. The first-order valence-corrected chi connectivity index (χ1v) is 10.4. The molecule has 0 heterocycles. The van der Waals surface area contributed by atoms with E-state index in [2.05, 4.69) is 79.9 Å². The summed E-state index contributed by atoms with van der Waals surface area (Å²) in [5.41, 5.74) is 14.7. The fraction of sp³-hybridized carbons (Fsp3) is 0.615. The Labute approximate surface area is 197 Å². The topological polar surface area (TPSA) is 28.2 Å². The second-order valence-electron chi connectivity index (χ2n) is 7.51. The van der Waals surface area contributed by atoms with Gasteiger partial charge in [0.25, 0.3) is 0 Å². The van der Waals surface area contributed by atoms with E-state index in [1.807, 2.05) is 13.8 Å². The van der Waals surface area contributed by atoms with Gasteiger partial charge >= 0.3 is 21.1 Å². The fourth-order valence-electron chi connectivity index (χ4n) is 2.81. The second kappa shape index (κ2) is 17.0. The Bertz CT molecular complexity index is 466. The van der Waals surface area contributed by atoms with Crippen molar-refractivity contribution in [2.45, 2.75) is 83.1 Å². The predicted molar refractivity (Wildman–Crippen MR) is 131 cm³/mol. The van der Waals surface area contributed by atoms with Crippen molar-refractivity contribution in [2.24, 2.45) is 0 Å². The molecule has 0 fully saturated rings. The molecule has 0 saturated carbocycles. The van der Waals surface area contributed by atoms with Gasteiger partial charge in [0, 0.05) is 0 Å². The Morgan fingerprint density at radius 3 is 0.690 bits per heavy atom. The van der Waals surface area contributed by atoms with Crippen LogP contribution in [0.1, 0.15) is 69.5 Å². The molecule has 0 saturated heterocycles. The molecule has 2 nitrogen and oxygen atoms in total. The minimum absolute atomic E-state index is 0. The third kappa shape index (κ3) is 10.3. The Balaban J connectivity index is -0.000000336. The summed E-state index contributed by atoms with van der Waals surface area (Å²) in [5, 5.41) is 7.47. The van der Waals surface area contributed by atoms with Crippen molar-refractivity contribution in [3.63, 3.8) is 0 Å². The predicted octanol–water partition coefficient (Wildman–Crippen LogP) is 7.91. The monoisotopic (exact) mass is 484 g/mol. The van der Waals surface area contributed by atoms with Crippen LogP contribution in [0.5, 0.6) is 0 Å². The molecular formula is C26H46MoN2. The fourth-order valence-corrected chi connectivity index (χ4v) is 2.81. The van der Waals surface area contributed by atoms with Crippen molar-refractivity contribution in [3.8, 4) is 0 Å². The van der Waals surface area contributed by atoms with E-state index in [0.717, 1.165) is 13.1 Å². The number of hydrogen-bond donors (Lipinski definition) is 0. The van der Waals surface area contributed by atoms with Crippen molar-refractivity contribution >= 4 is 0 Å². The molecule has 0 aliphatic heterocycles. The summed E-state index contributed by atoms with van der Waals surface area (Å²) in [5.74, 6) is 0. The minimum Gasteiger partial charge on any atom is -0.665 e. The Kier molecular flexibility index (Phi) is 19.4. The second-order valence-corrected chi connectivity index (χ2v) is 7.51. The molecule has 0 amide bonds. The largest absolute Gasteiger partial charge is 4.00 e. The summed E-state index contributed by atoms with van der Waals surface area (Å²) in [6.45, 7) is 27.9. The van der Waals surface area contributed by atoms with Crippen LogP contribution in [-0.2, 0) is 21.1 Å². The molecule has 3 heteroatoms. The summed E-state index contributed by atoms with van der Waals surface area (Å²) in [6, 6.07) is 0. The van der Waals surface area contributed by atoms with Gasteiger partial charge in [-0.3, -0.25) is 0 Å². The number of nitrogens with zero attached hydrogens (tertiary/aromatic N) is 2. The maximum absolute atomic E-state index is 3.74. The van der Waals surface area contributed by atoms with Crippen molar-refractivity contribution in [1.82, 2.24) is 0 Å². The van der Waals surface area contributed by atoms with Crippen LogP contribution in [-0.4, -0.2) is 27.2 Å². The van der Waals surface area contributed by atoms with Crippen LogP contribution in [0.25, 0.3) is 10.6 Å². The first kappa shape index (κ1) is 33.0. The maximum Gasteiger partial charge on any atom is 4.00 e. The van der Waals surface area contributed by atoms with E-state index < -0.39 is 0 Å². The van der Waals surface area contributed by atoms with Crippen molar-refractivity contribution in [1.29, 1.82) is 0 Å². The van der Waals surface area contributed by atoms with Crippen molar-refractivity contribution in [2.75, 3.05) is 27.2 Å². The number of rotatable bonds is 2. The van der Waals surface area contributed by atoms with Crippen LogP contribution in [0.2, 0.25) is 0 Å². The number of hydrogen-bond acceptors (Lipinski definition) is 0. The van der Waals surface area contributed by atoms with Gasteiger partial charge in [-0.15, -0.1) is 0 Å². The first-order chi connectivity index (χ1) is 12.9. The molecule has 0 radical (unpaired) electrons. The zero-order chi connectivity index (χ0) is 22.6. The van der Waals surface area contributed by atoms with Gasteiger partial charge < -0.3 is 10.6 Å². The molecule has 0 aliphatic rings. The van der Waals surface area contributed by atoms with E-state index in [1.54, 1.807) is 14.1 Å². The van der Waals surface area contributed by atoms with Gasteiger partial charge in [-0.2, -0.15) is 82.8 Å². The molecule has 29 heavy (non-hydrogen) atoms. The van der Waals surface area contributed by atoms with Gasteiger partial charge in [-0.25, -0.2) is 0 Å². The Hall–Kier alpha value is -0.692. The maximum atomic E-state index is 3.74. The zero-order valence-electron chi connectivity index (χ0n) is 21.7. The van der Waals surface area contributed by atoms with E-state index in [9.17, 15) is 0 Å². The standard InChI is InChI=1S/2C10H15.2C3H8N.Mo/c2*1-6-7(2)9(4)10(5)8(6)3;2*1-3-4-2;/h2*1-5H3;2*3H2,1-2H3;/q4*-1;+4. The molecular weight excluding hydrogens is 436 g/mol. The molecule has 2 aromatic rings. The van der Waals surface area contributed by atoms with Crippen LogP contribution >= 0.6 is 0 Å². The van der Waals surface area contributed by atoms with Gasteiger partial charge in [-0.1, -0.05) is 83.1 Å². The summed E-state index contributed by atoms with van der Waals surface area (Å²) in [6.07, 6.45) is 0. The van der Waals surface area contributed by atoms with E-state index in [1.165, 1.54) is 55.6 Å². The molecule has 166 valence electrons. The van der Waals surface area contributed by atoms with Crippen LogP contribution in [0.3, 0.4) is 0 Å². The molecule has 0 N–H and O–H groups in total. The normalized spacial score (nSPS) is 9.31. The molecule has 0 unspecified atom stereocenters. The Morgan fingerprint density at radius 2 is 0.655 bits per heavy atom. The van der Waals surface area contributed by atoms with Gasteiger partial charge in [-0.05, 0) is 0 Å². The van der Waals surface area contributed by atoms with Gasteiger partial charge in [0.15, 0.2) is 0 Å². The van der Waals surface area contributed by atoms with Crippen molar-refractivity contribution in [3.05, 3.63) is 66.3 Å². The van der Waals surface area contributed by atoms with Gasteiger partial charge in [0.2, 0.25) is 0 Å². The summed E-state index contributed by atoms with van der Waals surface area (Å²) < 4.78 is 0. The molecule has 0 spiro atoms.